The van der Waals surface area contributed by atoms with Crippen molar-refractivity contribution in [1.29, 1.82) is 0 Å². The highest BCUT2D eigenvalue weighted by atomic mass is 79.9. The minimum atomic E-state index is -0.312. The molecule has 0 saturated carbocycles. The quantitative estimate of drug-likeness (QED) is 0.684. The Kier molecular flexibility index (Phi) is 5.03. The van der Waals surface area contributed by atoms with E-state index in [1.165, 1.54) is 4.90 Å². The number of hydrogen-bond donors (Lipinski definition) is 2. The first-order valence-corrected chi connectivity index (χ1v) is 9.96. The van der Waals surface area contributed by atoms with Gasteiger partial charge in [0.25, 0.3) is 11.8 Å². The van der Waals surface area contributed by atoms with E-state index in [1.54, 1.807) is 22.9 Å². The minimum absolute atomic E-state index is 0.157. The third kappa shape index (κ3) is 3.35. The summed E-state index contributed by atoms with van der Waals surface area (Å²) < 4.78 is 2.44. The van der Waals surface area contributed by atoms with E-state index < -0.39 is 0 Å². The van der Waals surface area contributed by atoms with Crippen LogP contribution in [0.3, 0.4) is 0 Å². The van der Waals surface area contributed by atoms with Crippen molar-refractivity contribution >= 4 is 39.5 Å². The molecule has 3 heterocycles. The normalized spacial score (nSPS) is 15.6. The summed E-state index contributed by atoms with van der Waals surface area (Å²) >= 11 is 3.32. The maximum absolute atomic E-state index is 12.5. The summed E-state index contributed by atoms with van der Waals surface area (Å²) in [5, 5.41) is 10.7. The number of benzene rings is 1. The molecule has 146 valence electrons. The maximum Gasteiger partial charge on any atom is 0.261 e. The van der Waals surface area contributed by atoms with Crippen LogP contribution in [0.25, 0.3) is 0 Å². The predicted octanol–water partition coefficient (Wildman–Crippen LogP) is 1.84. The van der Waals surface area contributed by atoms with Crippen molar-refractivity contribution < 1.29 is 14.4 Å². The molecule has 1 aromatic carbocycles. The highest BCUT2D eigenvalue weighted by Gasteiger charge is 2.35. The van der Waals surface area contributed by atoms with Gasteiger partial charge in [-0.05, 0) is 24.6 Å². The van der Waals surface area contributed by atoms with Crippen LogP contribution in [0, 0.1) is 0 Å². The zero-order valence-corrected chi connectivity index (χ0v) is 17.0. The number of amides is 3. The van der Waals surface area contributed by atoms with Gasteiger partial charge in [0, 0.05) is 49.6 Å². The van der Waals surface area contributed by atoms with Crippen LogP contribution < -0.4 is 10.6 Å². The van der Waals surface area contributed by atoms with Gasteiger partial charge in [-0.2, -0.15) is 5.10 Å². The fraction of sp³-hybridized carbons (Fsp3) is 0.368. The zero-order chi connectivity index (χ0) is 19.8. The molecule has 3 amide bonds. The van der Waals surface area contributed by atoms with Crippen molar-refractivity contribution in [3.63, 3.8) is 0 Å². The molecule has 0 radical (unpaired) electrons. The van der Waals surface area contributed by atoms with Crippen molar-refractivity contribution in [3.05, 3.63) is 45.1 Å². The molecule has 1 aromatic heterocycles. The lowest BCUT2D eigenvalue weighted by Gasteiger charge is -2.15. The number of hydrogen-bond acceptors (Lipinski definition) is 5. The minimum Gasteiger partial charge on any atom is -0.312 e. The summed E-state index contributed by atoms with van der Waals surface area (Å²) in [5.74, 6) is -0.0679. The van der Waals surface area contributed by atoms with Crippen LogP contribution in [0.2, 0.25) is 0 Å². The van der Waals surface area contributed by atoms with Gasteiger partial charge in [0.2, 0.25) is 5.91 Å². The summed E-state index contributed by atoms with van der Waals surface area (Å²) in [7, 11) is 1.81. The van der Waals surface area contributed by atoms with Gasteiger partial charge in [-0.3, -0.25) is 24.0 Å². The second kappa shape index (κ2) is 7.48. The van der Waals surface area contributed by atoms with E-state index >= 15 is 0 Å². The number of fused-ring (bicyclic) bond motifs is 2. The van der Waals surface area contributed by atoms with Crippen molar-refractivity contribution in [3.8, 4) is 0 Å². The van der Waals surface area contributed by atoms with Crippen molar-refractivity contribution in [2.45, 2.75) is 25.8 Å². The number of nitrogens with one attached hydrogen (secondary N) is 2. The summed E-state index contributed by atoms with van der Waals surface area (Å²) in [4.78, 5) is 38.5. The van der Waals surface area contributed by atoms with Gasteiger partial charge in [-0.25, -0.2) is 0 Å². The van der Waals surface area contributed by atoms with E-state index in [2.05, 4.69) is 31.7 Å². The lowest BCUT2D eigenvalue weighted by molar-refractivity contribution is -0.116. The van der Waals surface area contributed by atoms with E-state index in [0.717, 1.165) is 28.7 Å². The molecule has 4 rings (SSSR count). The number of rotatable bonds is 5. The Bertz CT molecular complexity index is 984. The summed E-state index contributed by atoms with van der Waals surface area (Å²) in [5.41, 5.74) is 2.84. The van der Waals surface area contributed by atoms with Crippen molar-refractivity contribution in [2.24, 2.45) is 7.05 Å². The van der Waals surface area contributed by atoms with Crippen LogP contribution in [0.5, 0.6) is 0 Å². The molecule has 9 heteroatoms. The molecule has 0 aliphatic carbocycles. The Hall–Kier alpha value is -2.52. The predicted molar refractivity (Wildman–Crippen MR) is 106 cm³/mol. The lowest BCUT2D eigenvalue weighted by atomic mass is 10.1. The number of carbonyl (C=O) groups excluding carboxylic acids is 3. The maximum atomic E-state index is 12.5. The van der Waals surface area contributed by atoms with Gasteiger partial charge < -0.3 is 10.6 Å². The molecule has 28 heavy (non-hydrogen) atoms. The molecule has 0 saturated heterocycles. The second-order valence-corrected chi connectivity index (χ2v) is 7.84. The highest BCUT2D eigenvalue weighted by molar-refractivity contribution is 9.10. The number of aromatic nitrogens is 2. The Labute approximate surface area is 170 Å². The molecule has 0 spiro atoms. The van der Waals surface area contributed by atoms with E-state index in [9.17, 15) is 14.4 Å². The molecule has 2 aliphatic rings. The molecule has 2 aliphatic heterocycles. The number of halogens is 1. The lowest BCUT2D eigenvalue weighted by Crippen LogP contribution is -2.31. The van der Waals surface area contributed by atoms with Gasteiger partial charge in [0.05, 0.1) is 16.8 Å². The largest absolute Gasteiger partial charge is 0.312 e. The summed E-state index contributed by atoms with van der Waals surface area (Å²) in [6.45, 7) is 1.78. The SMILES string of the molecule is Cn1nc2c(c1NC(=O)CCCN1C(=O)c3ccc(Br)cc3C1=O)CNCC2. The molecule has 2 N–H and O–H groups in total. The van der Waals surface area contributed by atoms with Crippen LogP contribution >= 0.6 is 15.9 Å². The van der Waals surface area contributed by atoms with E-state index in [4.69, 9.17) is 0 Å². The molecule has 0 unspecified atom stereocenters. The van der Waals surface area contributed by atoms with Crippen molar-refractivity contribution in [1.82, 2.24) is 20.0 Å². The molecule has 2 aromatic rings. The number of aryl methyl sites for hydroxylation is 1. The van der Waals surface area contributed by atoms with Crippen molar-refractivity contribution in [2.75, 3.05) is 18.4 Å². The second-order valence-electron chi connectivity index (χ2n) is 6.93. The molecule has 0 fully saturated rings. The van der Waals surface area contributed by atoms with Gasteiger partial charge in [-0.1, -0.05) is 15.9 Å². The van der Waals surface area contributed by atoms with E-state index in [0.29, 0.717) is 29.9 Å². The number of anilines is 1. The standard InChI is InChI=1S/C19H20BrN5O3/c1-24-17(14-10-21-7-6-15(14)23-24)22-16(26)3-2-8-25-18(27)12-5-4-11(20)9-13(12)19(25)28/h4-5,9,21H,2-3,6-8,10H2,1H3,(H,22,26). The monoisotopic (exact) mass is 445 g/mol. The van der Waals surface area contributed by atoms with E-state index in [1.807, 2.05) is 7.05 Å². The average molecular weight is 446 g/mol. The van der Waals surface area contributed by atoms with Gasteiger partial charge in [0.15, 0.2) is 0 Å². The molecule has 8 nitrogen and oxygen atoms in total. The molecule has 0 bridgehead atoms. The number of imide groups is 1. The smallest absolute Gasteiger partial charge is 0.261 e. The first-order chi connectivity index (χ1) is 13.5. The Balaban J connectivity index is 1.35. The number of carbonyl (C=O) groups is 3. The summed E-state index contributed by atoms with van der Waals surface area (Å²) in [6.07, 6.45) is 1.45. The van der Waals surface area contributed by atoms with Crippen LogP contribution in [-0.4, -0.2) is 45.5 Å². The van der Waals surface area contributed by atoms with Gasteiger partial charge in [-0.15, -0.1) is 0 Å². The third-order valence-electron chi connectivity index (χ3n) is 5.04. The molecular weight excluding hydrogens is 426 g/mol. The van der Waals surface area contributed by atoms with Crippen LogP contribution in [-0.2, 0) is 24.8 Å². The Morgan fingerprint density at radius 1 is 1.29 bits per heavy atom. The summed E-state index contributed by atoms with van der Waals surface area (Å²) in [6, 6.07) is 5.04. The average Bonchev–Trinajstić information content (AvgIpc) is 3.10. The van der Waals surface area contributed by atoms with Crippen LogP contribution in [0.1, 0.15) is 44.8 Å². The van der Waals surface area contributed by atoms with Gasteiger partial charge in [0.1, 0.15) is 5.82 Å². The van der Waals surface area contributed by atoms with Gasteiger partial charge >= 0.3 is 0 Å². The Morgan fingerprint density at radius 2 is 2.07 bits per heavy atom. The number of nitrogens with zero attached hydrogens (tertiary/aromatic N) is 3. The fourth-order valence-electron chi connectivity index (χ4n) is 3.64. The first-order valence-electron chi connectivity index (χ1n) is 9.17. The third-order valence-corrected chi connectivity index (χ3v) is 5.54. The van der Waals surface area contributed by atoms with Crippen LogP contribution in [0.15, 0.2) is 22.7 Å². The van der Waals surface area contributed by atoms with E-state index in [-0.39, 0.29) is 30.7 Å². The molecule has 0 atom stereocenters. The fourth-order valence-corrected chi connectivity index (χ4v) is 4.01. The topological polar surface area (TPSA) is 96.3 Å². The zero-order valence-electron chi connectivity index (χ0n) is 15.4. The highest BCUT2D eigenvalue weighted by Crippen LogP contribution is 2.26. The molecular formula is C19H20BrN5O3. The Morgan fingerprint density at radius 3 is 2.89 bits per heavy atom. The first kappa shape index (κ1) is 18.8. The van der Waals surface area contributed by atoms with Crippen LogP contribution in [0.4, 0.5) is 5.82 Å².